The van der Waals surface area contributed by atoms with Crippen molar-refractivity contribution in [3.05, 3.63) is 29.6 Å². The number of carbonyl (C=O) groups is 2. The van der Waals surface area contributed by atoms with Crippen LogP contribution in [0.25, 0.3) is 0 Å². The quantitative estimate of drug-likeness (QED) is 0.761. The van der Waals surface area contributed by atoms with Gasteiger partial charge in [0, 0.05) is 6.20 Å². The highest BCUT2D eigenvalue weighted by Crippen LogP contribution is 2.18. The lowest BCUT2D eigenvalue weighted by atomic mass is 10.0. The fourth-order valence-electron chi connectivity index (χ4n) is 1.65. The van der Waals surface area contributed by atoms with E-state index in [-0.39, 0.29) is 11.4 Å². The number of pyridine rings is 1. The highest BCUT2D eigenvalue weighted by molar-refractivity contribution is 6.16. The Labute approximate surface area is 133 Å². The number of nitrogens with zero attached hydrogens (tertiary/aromatic N) is 1. The van der Waals surface area contributed by atoms with Crippen LogP contribution in [0.4, 0.5) is 4.79 Å². The fraction of sp³-hybridized carbons (Fsp3) is 0.500. The van der Waals surface area contributed by atoms with Crippen LogP contribution in [0.15, 0.2) is 18.3 Å². The van der Waals surface area contributed by atoms with E-state index in [9.17, 15) is 19.8 Å². The van der Waals surface area contributed by atoms with Gasteiger partial charge in [-0.2, -0.15) is 0 Å². The maximum absolute atomic E-state index is 11.7. The number of alkyl carbamates (subject to hydrolysis) is 1. The molecule has 0 saturated heterocycles. The number of aliphatic carboxylic acids is 1. The van der Waals surface area contributed by atoms with Crippen LogP contribution in [0.3, 0.4) is 0 Å². The van der Waals surface area contributed by atoms with Gasteiger partial charge in [0.2, 0.25) is 0 Å². The molecular weight excluding hydrogens is 312 g/mol. The molecule has 0 aromatic carbocycles. The average Bonchev–Trinajstić information content (AvgIpc) is 2.42. The van der Waals surface area contributed by atoms with Gasteiger partial charge < -0.3 is 25.1 Å². The lowest BCUT2D eigenvalue weighted by Gasteiger charge is -2.27. The van der Waals surface area contributed by atoms with Crippen LogP contribution in [0.1, 0.15) is 38.1 Å². The van der Waals surface area contributed by atoms with Gasteiger partial charge in [-0.15, -0.1) is 11.6 Å². The summed E-state index contributed by atoms with van der Waals surface area (Å²) in [5.74, 6) is -1.53. The first-order valence-corrected chi connectivity index (χ1v) is 7.06. The van der Waals surface area contributed by atoms with Crippen LogP contribution in [-0.2, 0) is 15.4 Å². The molecule has 1 amide bonds. The SMILES string of the molecule is CC(C)(C)OC(=O)NC(C(=O)[O-])C(O)c1ccnc(CCl)c1. The van der Waals surface area contributed by atoms with E-state index < -0.39 is 29.8 Å². The Kier molecular flexibility index (Phi) is 6.13. The zero-order valence-electron chi connectivity index (χ0n) is 12.5. The molecule has 8 heteroatoms. The standard InChI is InChI=1S/C14H19ClN2O5/c1-14(2,3)22-13(21)17-10(12(19)20)11(18)8-4-5-16-9(6-8)7-15/h4-6,10-11,18H,7H2,1-3H3,(H,17,21)(H,19,20)/p-1. The highest BCUT2D eigenvalue weighted by atomic mass is 35.5. The smallest absolute Gasteiger partial charge is 0.408 e. The van der Waals surface area contributed by atoms with Crippen molar-refractivity contribution in [1.29, 1.82) is 0 Å². The second kappa shape index (κ2) is 7.42. The van der Waals surface area contributed by atoms with E-state index in [4.69, 9.17) is 16.3 Å². The van der Waals surface area contributed by atoms with E-state index in [0.29, 0.717) is 5.69 Å². The summed E-state index contributed by atoms with van der Waals surface area (Å²) < 4.78 is 4.96. The van der Waals surface area contributed by atoms with E-state index in [1.807, 2.05) is 0 Å². The van der Waals surface area contributed by atoms with Crippen molar-refractivity contribution in [2.75, 3.05) is 0 Å². The summed E-state index contributed by atoms with van der Waals surface area (Å²) in [6.07, 6.45) is -1.11. The summed E-state index contributed by atoms with van der Waals surface area (Å²) in [6, 6.07) is 1.21. The number of ether oxygens (including phenoxy) is 1. The highest BCUT2D eigenvalue weighted by Gasteiger charge is 2.27. The molecule has 22 heavy (non-hydrogen) atoms. The van der Waals surface area contributed by atoms with Gasteiger partial charge in [0.1, 0.15) is 17.7 Å². The Morgan fingerprint density at radius 2 is 2.14 bits per heavy atom. The van der Waals surface area contributed by atoms with E-state index in [0.717, 1.165) is 0 Å². The van der Waals surface area contributed by atoms with Gasteiger partial charge in [-0.3, -0.25) is 4.98 Å². The lowest BCUT2D eigenvalue weighted by molar-refractivity contribution is -0.310. The van der Waals surface area contributed by atoms with Crippen LogP contribution >= 0.6 is 11.6 Å². The summed E-state index contributed by atoms with van der Waals surface area (Å²) in [4.78, 5) is 26.8. The van der Waals surface area contributed by atoms with Gasteiger partial charge in [-0.05, 0) is 38.5 Å². The first-order chi connectivity index (χ1) is 10.1. The van der Waals surface area contributed by atoms with Crippen molar-refractivity contribution < 1.29 is 24.5 Å². The number of nitrogens with one attached hydrogen (secondary N) is 1. The topological polar surface area (TPSA) is 112 Å². The monoisotopic (exact) mass is 329 g/mol. The molecule has 0 aliphatic rings. The summed E-state index contributed by atoms with van der Waals surface area (Å²) in [5.41, 5.74) is -0.0861. The summed E-state index contributed by atoms with van der Waals surface area (Å²) in [6.45, 7) is 4.89. The van der Waals surface area contributed by atoms with Crippen molar-refractivity contribution in [2.24, 2.45) is 0 Å². The third-order valence-electron chi connectivity index (χ3n) is 2.56. The number of hydrogen-bond acceptors (Lipinski definition) is 6. The second-order valence-corrected chi connectivity index (χ2v) is 5.87. The molecule has 0 aliphatic heterocycles. The number of aliphatic hydroxyl groups is 1. The Hall–Kier alpha value is -1.86. The molecule has 1 heterocycles. The molecule has 0 spiro atoms. The lowest BCUT2D eigenvalue weighted by Crippen LogP contribution is -2.52. The van der Waals surface area contributed by atoms with Gasteiger partial charge in [-0.25, -0.2) is 4.79 Å². The van der Waals surface area contributed by atoms with Crippen LogP contribution in [0.2, 0.25) is 0 Å². The summed E-state index contributed by atoms with van der Waals surface area (Å²) in [7, 11) is 0. The van der Waals surface area contributed by atoms with Crippen LogP contribution in [0.5, 0.6) is 0 Å². The number of aromatic nitrogens is 1. The van der Waals surface area contributed by atoms with Crippen molar-refractivity contribution in [2.45, 2.75) is 44.4 Å². The number of carbonyl (C=O) groups excluding carboxylic acids is 2. The van der Waals surface area contributed by atoms with Gasteiger partial charge >= 0.3 is 6.09 Å². The number of hydrogen-bond donors (Lipinski definition) is 2. The zero-order chi connectivity index (χ0) is 16.9. The van der Waals surface area contributed by atoms with Crippen molar-refractivity contribution in [3.63, 3.8) is 0 Å². The number of aliphatic hydroxyl groups excluding tert-OH is 1. The van der Waals surface area contributed by atoms with Crippen molar-refractivity contribution in [1.82, 2.24) is 10.3 Å². The molecule has 0 fully saturated rings. The molecule has 1 aromatic rings. The van der Waals surface area contributed by atoms with Gasteiger partial charge in [0.25, 0.3) is 0 Å². The van der Waals surface area contributed by atoms with Crippen LogP contribution < -0.4 is 10.4 Å². The van der Waals surface area contributed by atoms with E-state index in [1.54, 1.807) is 20.8 Å². The zero-order valence-corrected chi connectivity index (χ0v) is 13.3. The summed E-state index contributed by atoms with van der Waals surface area (Å²) in [5, 5.41) is 23.4. The molecule has 1 rings (SSSR count). The molecule has 1 aromatic heterocycles. The van der Waals surface area contributed by atoms with Crippen LogP contribution in [-0.4, -0.2) is 33.8 Å². The first kappa shape index (κ1) is 18.2. The Morgan fingerprint density at radius 1 is 1.50 bits per heavy atom. The number of halogens is 1. The average molecular weight is 330 g/mol. The molecule has 2 atom stereocenters. The Morgan fingerprint density at radius 3 is 2.64 bits per heavy atom. The maximum atomic E-state index is 11.7. The number of carboxylic acid groups (broad SMARTS) is 1. The molecule has 0 saturated carbocycles. The largest absolute Gasteiger partial charge is 0.548 e. The predicted octanol–water partition coefficient (Wildman–Crippen LogP) is 0.497. The third-order valence-corrected chi connectivity index (χ3v) is 2.83. The van der Waals surface area contributed by atoms with E-state index in [2.05, 4.69) is 10.3 Å². The normalized spacial score (nSPS) is 14.0. The Balaban J connectivity index is 2.90. The fourth-order valence-corrected chi connectivity index (χ4v) is 1.79. The number of alkyl halides is 1. The number of rotatable bonds is 5. The van der Waals surface area contributed by atoms with Gasteiger partial charge in [0.15, 0.2) is 0 Å². The molecule has 0 aliphatic carbocycles. The third kappa shape index (κ3) is 5.50. The molecule has 2 unspecified atom stereocenters. The van der Waals surface area contributed by atoms with Crippen molar-refractivity contribution >= 4 is 23.7 Å². The number of carboxylic acids is 1. The molecular formula is C14H18ClN2O5-. The minimum absolute atomic E-state index is 0.107. The summed E-state index contributed by atoms with van der Waals surface area (Å²) >= 11 is 5.64. The van der Waals surface area contributed by atoms with E-state index in [1.165, 1.54) is 18.3 Å². The van der Waals surface area contributed by atoms with Crippen LogP contribution in [0, 0.1) is 0 Å². The number of amides is 1. The van der Waals surface area contributed by atoms with Gasteiger partial charge in [0.05, 0.1) is 17.5 Å². The molecule has 0 bridgehead atoms. The first-order valence-electron chi connectivity index (χ1n) is 6.53. The van der Waals surface area contributed by atoms with Gasteiger partial charge in [-0.1, -0.05) is 0 Å². The maximum Gasteiger partial charge on any atom is 0.408 e. The minimum atomic E-state index is -1.67. The van der Waals surface area contributed by atoms with E-state index >= 15 is 0 Å². The Bertz CT molecular complexity index is 544. The van der Waals surface area contributed by atoms with Crippen molar-refractivity contribution in [3.8, 4) is 0 Å². The molecule has 2 N–H and O–H groups in total. The molecule has 7 nitrogen and oxygen atoms in total. The second-order valence-electron chi connectivity index (χ2n) is 5.60. The predicted molar refractivity (Wildman–Crippen MR) is 76.9 cm³/mol. The minimum Gasteiger partial charge on any atom is -0.548 e. The molecule has 0 radical (unpaired) electrons. The molecule has 122 valence electrons.